The first-order chi connectivity index (χ1) is 12.6. The highest BCUT2D eigenvalue weighted by molar-refractivity contribution is 7.16. The number of nitriles is 1. The van der Waals surface area contributed by atoms with Crippen LogP contribution in [0.3, 0.4) is 0 Å². The third-order valence-electron chi connectivity index (χ3n) is 4.35. The number of benzene rings is 1. The third-order valence-corrected chi connectivity index (χ3v) is 5.22. The Morgan fingerprint density at radius 2 is 2.08 bits per heavy atom. The molecular weight excluding hydrogens is 357 g/mol. The van der Waals surface area contributed by atoms with Gasteiger partial charge in [0.05, 0.1) is 5.92 Å². The Morgan fingerprint density at radius 1 is 1.35 bits per heavy atom. The SMILES string of the molecule is N#Cc1sc(NC(=O)C2CCCCC2OC=O)nc1-c1ccc(F)cc1. The van der Waals surface area contributed by atoms with Gasteiger partial charge < -0.3 is 10.1 Å². The summed E-state index contributed by atoms with van der Waals surface area (Å²) >= 11 is 1.06. The number of amides is 1. The van der Waals surface area contributed by atoms with Crippen molar-refractivity contribution in [3.05, 3.63) is 35.0 Å². The lowest BCUT2D eigenvalue weighted by Crippen LogP contribution is -2.36. The minimum Gasteiger partial charge on any atom is -0.464 e. The highest BCUT2D eigenvalue weighted by Crippen LogP contribution is 2.32. The van der Waals surface area contributed by atoms with E-state index in [2.05, 4.69) is 16.4 Å². The van der Waals surface area contributed by atoms with E-state index in [1.165, 1.54) is 24.3 Å². The van der Waals surface area contributed by atoms with Crippen LogP contribution in [0, 0.1) is 23.1 Å². The van der Waals surface area contributed by atoms with Crippen molar-refractivity contribution in [3.8, 4) is 17.3 Å². The molecule has 0 aliphatic heterocycles. The average molecular weight is 373 g/mol. The summed E-state index contributed by atoms with van der Waals surface area (Å²) in [7, 11) is 0. The lowest BCUT2D eigenvalue weighted by atomic mass is 9.86. The molecule has 2 atom stereocenters. The maximum atomic E-state index is 13.1. The summed E-state index contributed by atoms with van der Waals surface area (Å²) < 4.78 is 18.1. The Kier molecular flexibility index (Phi) is 5.58. The number of nitrogens with one attached hydrogen (secondary N) is 1. The Hall–Kier alpha value is -2.79. The number of rotatable bonds is 5. The summed E-state index contributed by atoms with van der Waals surface area (Å²) in [6, 6.07) is 7.70. The Morgan fingerprint density at radius 3 is 2.77 bits per heavy atom. The van der Waals surface area contributed by atoms with E-state index in [1.54, 1.807) is 0 Å². The number of nitrogens with zero attached hydrogens (tertiary/aromatic N) is 2. The number of hydrogen-bond acceptors (Lipinski definition) is 6. The molecule has 6 nitrogen and oxygen atoms in total. The molecule has 134 valence electrons. The molecule has 1 aromatic carbocycles. The zero-order valence-corrected chi connectivity index (χ0v) is 14.6. The van der Waals surface area contributed by atoms with Gasteiger partial charge in [0, 0.05) is 5.56 Å². The predicted octanol–water partition coefficient (Wildman–Crippen LogP) is 3.49. The second-order valence-electron chi connectivity index (χ2n) is 5.97. The summed E-state index contributed by atoms with van der Waals surface area (Å²) in [5.74, 6) is -1.09. The van der Waals surface area contributed by atoms with Gasteiger partial charge in [0.15, 0.2) is 5.13 Å². The summed E-state index contributed by atoms with van der Waals surface area (Å²) in [4.78, 5) is 27.9. The minimum atomic E-state index is -0.437. The summed E-state index contributed by atoms with van der Waals surface area (Å²) in [6.45, 7) is 0.375. The topological polar surface area (TPSA) is 92.1 Å². The summed E-state index contributed by atoms with van der Waals surface area (Å²) in [6.07, 6.45) is 2.64. The molecule has 0 bridgehead atoms. The fourth-order valence-corrected chi connectivity index (χ4v) is 3.87. The molecule has 1 N–H and O–H groups in total. The number of carbonyl (C=O) groups excluding carboxylic acids is 2. The molecule has 1 aliphatic carbocycles. The van der Waals surface area contributed by atoms with Crippen molar-refractivity contribution in [1.82, 2.24) is 4.98 Å². The zero-order chi connectivity index (χ0) is 18.5. The van der Waals surface area contributed by atoms with E-state index < -0.39 is 12.0 Å². The molecule has 1 heterocycles. The molecular formula is C18H16FN3O3S. The molecule has 1 aromatic heterocycles. The fraction of sp³-hybridized carbons (Fsp3) is 0.333. The van der Waals surface area contributed by atoms with Gasteiger partial charge in [0.25, 0.3) is 6.47 Å². The van der Waals surface area contributed by atoms with Crippen molar-refractivity contribution >= 4 is 28.8 Å². The van der Waals surface area contributed by atoms with Gasteiger partial charge in [-0.1, -0.05) is 17.8 Å². The largest absolute Gasteiger partial charge is 0.464 e. The highest BCUT2D eigenvalue weighted by Gasteiger charge is 2.33. The number of anilines is 1. The van der Waals surface area contributed by atoms with Crippen molar-refractivity contribution < 1.29 is 18.7 Å². The number of hydrogen-bond donors (Lipinski definition) is 1. The molecule has 26 heavy (non-hydrogen) atoms. The molecule has 0 spiro atoms. The lowest BCUT2D eigenvalue weighted by molar-refractivity contribution is -0.141. The molecule has 2 aromatic rings. The van der Waals surface area contributed by atoms with Gasteiger partial charge in [-0.15, -0.1) is 0 Å². The first kappa shape index (κ1) is 18.0. The standard InChI is InChI=1S/C18H16FN3O3S/c19-12-7-5-11(6-8-12)16-15(9-20)26-18(21-16)22-17(24)13-3-1-2-4-14(13)25-10-23/h5-8,10,13-14H,1-4H2,(H,21,22,24). The van der Waals surface area contributed by atoms with Crippen LogP contribution in [0.1, 0.15) is 30.6 Å². The van der Waals surface area contributed by atoms with Gasteiger partial charge in [-0.05, 0) is 43.5 Å². The fourth-order valence-electron chi connectivity index (χ4n) is 3.08. The normalized spacial score (nSPS) is 19.4. The highest BCUT2D eigenvalue weighted by atomic mass is 32.1. The second kappa shape index (κ2) is 8.06. The average Bonchev–Trinajstić information content (AvgIpc) is 3.06. The molecule has 1 fully saturated rings. The Bertz CT molecular complexity index is 844. The first-order valence-electron chi connectivity index (χ1n) is 8.19. The predicted molar refractivity (Wildman–Crippen MR) is 93.7 cm³/mol. The van der Waals surface area contributed by atoms with E-state index in [-0.39, 0.29) is 11.7 Å². The number of aromatic nitrogens is 1. The maximum absolute atomic E-state index is 13.1. The van der Waals surface area contributed by atoms with Crippen LogP contribution in [0.4, 0.5) is 9.52 Å². The van der Waals surface area contributed by atoms with Crippen LogP contribution in [-0.4, -0.2) is 23.5 Å². The molecule has 1 saturated carbocycles. The molecule has 0 radical (unpaired) electrons. The first-order valence-corrected chi connectivity index (χ1v) is 9.01. The summed E-state index contributed by atoms with van der Waals surface area (Å²) in [5.41, 5.74) is 0.997. The molecule has 1 aliphatic rings. The molecule has 3 rings (SSSR count). The third kappa shape index (κ3) is 3.89. The van der Waals surface area contributed by atoms with E-state index in [1.807, 2.05) is 0 Å². The van der Waals surface area contributed by atoms with Crippen LogP contribution in [0.25, 0.3) is 11.3 Å². The van der Waals surface area contributed by atoms with Crippen molar-refractivity contribution in [2.75, 3.05) is 5.32 Å². The van der Waals surface area contributed by atoms with Gasteiger partial charge in [-0.3, -0.25) is 9.59 Å². The number of halogens is 1. The second-order valence-corrected chi connectivity index (χ2v) is 6.97. The van der Waals surface area contributed by atoms with Crippen LogP contribution in [0.5, 0.6) is 0 Å². The van der Waals surface area contributed by atoms with Gasteiger partial charge >= 0.3 is 0 Å². The van der Waals surface area contributed by atoms with E-state index in [4.69, 9.17) is 4.74 Å². The Labute approximate surface area is 153 Å². The van der Waals surface area contributed by atoms with E-state index in [0.29, 0.717) is 40.6 Å². The minimum absolute atomic E-state index is 0.277. The number of thiazole rings is 1. The van der Waals surface area contributed by atoms with E-state index >= 15 is 0 Å². The zero-order valence-electron chi connectivity index (χ0n) is 13.8. The van der Waals surface area contributed by atoms with Crippen molar-refractivity contribution in [2.24, 2.45) is 5.92 Å². The van der Waals surface area contributed by atoms with Crippen LogP contribution in [-0.2, 0) is 14.3 Å². The lowest BCUT2D eigenvalue weighted by Gasteiger charge is -2.28. The van der Waals surface area contributed by atoms with Gasteiger partial charge in [0.1, 0.15) is 28.6 Å². The molecule has 8 heteroatoms. The quantitative estimate of drug-likeness (QED) is 0.810. The number of carbonyl (C=O) groups is 2. The van der Waals surface area contributed by atoms with Crippen molar-refractivity contribution in [2.45, 2.75) is 31.8 Å². The van der Waals surface area contributed by atoms with Crippen LogP contribution in [0.15, 0.2) is 24.3 Å². The van der Waals surface area contributed by atoms with E-state index in [9.17, 15) is 19.2 Å². The van der Waals surface area contributed by atoms with Gasteiger partial charge in [-0.2, -0.15) is 5.26 Å². The van der Waals surface area contributed by atoms with Crippen LogP contribution < -0.4 is 5.32 Å². The molecule has 0 saturated heterocycles. The van der Waals surface area contributed by atoms with Crippen molar-refractivity contribution in [3.63, 3.8) is 0 Å². The summed E-state index contributed by atoms with van der Waals surface area (Å²) in [5, 5.41) is 12.3. The number of ether oxygens (including phenoxy) is 1. The molecule has 2 unspecified atom stereocenters. The van der Waals surface area contributed by atoms with Crippen LogP contribution in [0.2, 0.25) is 0 Å². The monoisotopic (exact) mass is 373 g/mol. The van der Waals surface area contributed by atoms with Gasteiger partial charge in [-0.25, -0.2) is 9.37 Å². The smallest absolute Gasteiger partial charge is 0.293 e. The van der Waals surface area contributed by atoms with Gasteiger partial charge in [0.2, 0.25) is 5.91 Å². The van der Waals surface area contributed by atoms with Crippen LogP contribution >= 0.6 is 11.3 Å². The van der Waals surface area contributed by atoms with E-state index in [0.717, 1.165) is 24.2 Å². The molecule has 1 amide bonds. The maximum Gasteiger partial charge on any atom is 0.293 e. The van der Waals surface area contributed by atoms with Crippen molar-refractivity contribution in [1.29, 1.82) is 5.26 Å². The Balaban J connectivity index is 1.79.